The Labute approximate surface area is 73.5 Å². The molecule has 0 aromatic carbocycles. The number of esters is 1. The van der Waals surface area contributed by atoms with Gasteiger partial charge in [0.1, 0.15) is 6.67 Å². The molecule has 2 N–H and O–H groups in total. The monoisotopic (exact) mass is 207 g/mol. The molecule has 0 aromatic heterocycles. The van der Waals surface area contributed by atoms with E-state index in [4.69, 9.17) is 0 Å². The van der Waals surface area contributed by atoms with E-state index < -0.39 is 24.6 Å². The minimum absolute atomic E-state index is 0. The third-order valence-electron chi connectivity index (χ3n) is 1.09. The number of carbonyl (C=O) groups is 1. The molecule has 0 aliphatic carbocycles. The molecule has 2 atom stereocenters. The summed E-state index contributed by atoms with van der Waals surface area (Å²) >= 11 is 0. The number of rotatable bonds is 3. The molecule has 0 bridgehead atoms. The van der Waals surface area contributed by atoms with E-state index in [1.54, 1.807) is 0 Å². The average Bonchev–Trinajstić information content (AvgIpc) is 2.01. The van der Waals surface area contributed by atoms with Gasteiger partial charge in [-0.1, -0.05) is 0 Å². The predicted molar refractivity (Wildman–Crippen MR) is 38.2 cm³/mol. The maximum absolute atomic E-state index is 12.6. The molecule has 12 heavy (non-hydrogen) atoms. The van der Waals surface area contributed by atoms with Gasteiger partial charge in [0, 0.05) is 0 Å². The standard InChI is InChI=1S/C5H8F3NO2.ClH/c1-11-4(10)5(8,9)3(7)2-6;/h3H,2,9H2,1H3;1H. The van der Waals surface area contributed by atoms with E-state index in [1.165, 1.54) is 0 Å². The number of hydrogen-bond acceptors (Lipinski definition) is 3. The molecule has 0 fully saturated rings. The molecule has 0 saturated heterocycles. The molecule has 0 amide bonds. The van der Waals surface area contributed by atoms with Crippen LogP contribution in [-0.2, 0) is 9.53 Å². The quantitative estimate of drug-likeness (QED) is 0.542. The molecule has 7 heteroatoms. The summed E-state index contributed by atoms with van der Waals surface area (Å²) in [5.41, 5.74) is 4.47. The molecule has 0 rings (SSSR count). The Balaban J connectivity index is 0. The van der Waals surface area contributed by atoms with Crippen LogP contribution in [0.4, 0.5) is 13.2 Å². The third kappa shape index (κ3) is 2.86. The van der Waals surface area contributed by atoms with Crippen LogP contribution >= 0.6 is 12.4 Å². The maximum Gasteiger partial charge on any atom is 0.362 e. The van der Waals surface area contributed by atoms with Gasteiger partial charge >= 0.3 is 5.97 Å². The second-order valence-corrected chi connectivity index (χ2v) is 1.88. The van der Waals surface area contributed by atoms with E-state index in [9.17, 15) is 18.0 Å². The van der Waals surface area contributed by atoms with Crippen LogP contribution in [0.25, 0.3) is 0 Å². The first-order chi connectivity index (χ1) is 4.96. The van der Waals surface area contributed by atoms with E-state index in [-0.39, 0.29) is 12.4 Å². The molecule has 0 aliphatic rings. The van der Waals surface area contributed by atoms with Gasteiger partial charge in [-0.3, -0.25) is 5.73 Å². The fourth-order valence-corrected chi connectivity index (χ4v) is 0.397. The minimum atomic E-state index is -3.39. The van der Waals surface area contributed by atoms with Crippen molar-refractivity contribution in [3.05, 3.63) is 0 Å². The van der Waals surface area contributed by atoms with Crippen molar-refractivity contribution >= 4 is 18.4 Å². The van der Waals surface area contributed by atoms with Crippen LogP contribution in [0.2, 0.25) is 0 Å². The Morgan fingerprint density at radius 1 is 1.75 bits per heavy atom. The Kier molecular flexibility index (Phi) is 6.10. The van der Waals surface area contributed by atoms with E-state index in [2.05, 4.69) is 10.5 Å². The topological polar surface area (TPSA) is 52.3 Å². The van der Waals surface area contributed by atoms with E-state index in [0.29, 0.717) is 0 Å². The number of alkyl halides is 3. The Bertz CT molecular complexity index is 156. The molecular weight excluding hydrogens is 199 g/mol. The zero-order chi connectivity index (χ0) is 9.07. The molecule has 74 valence electrons. The fraction of sp³-hybridized carbons (Fsp3) is 0.800. The van der Waals surface area contributed by atoms with Gasteiger partial charge in [-0.05, 0) is 0 Å². The molecule has 0 spiro atoms. The second kappa shape index (κ2) is 5.21. The van der Waals surface area contributed by atoms with Gasteiger partial charge in [0.25, 0.3) is 5.79 Å². The lowest BCUT2D eigenvalue weighted by Crippen LogP contribution is -2.53. The van der Waals surface area contributed by atoms with Crippen molar-refractivity contribution in [3.63, 3.8) is 0 Å². The maximum atomic E-state index is 12.6. The molecule has 2 unspecified atom stereocenters. The number of ether oxygens (including phenoxy) is 1. The largest absolute Gasteiger partial charge is 0.466 e. The lowest BCUT2D eigenvalue weighted by Gasteiger charge is -2.18. The number of nitrogens with two attached hydrogens (primary N) is 1. The summed E-state index contributed by atoms with van der Waals surface area (Å²) < 4.78 is 40.0. The number of methoxy groups -OCH3 is 1. The van der Waals surface area contributed by atoms with Crippen LogP contribution in [0.15, 0.2) is 0 Å². The van der Waals surface area contributed by atoms with Gasteiger partial charge in [0.2, 0.25) is 0 Å². The van der Waals surface area contributed by atoms with Crippen molar-refractivity contribution in [3.8, 4) is 0 Å². The zero-order valence-corrected chi connectivity index (χ0v) is 7.04. The zero-order valence-electron chi connectivity index (χ0n) is 6.22. The molecule has 0 aromatic rings. The van der Waals surface area contributed by atoms with Crippen LogP contribution in [-0.4, -0.2) is 31.7 Å². The summed E-state index contributed by atoms with van der Waals surface area (Å²) in [7, 11) is 0.828. The van der Waals surface area contributed by atoms with Crippen molar-refractivity contribution in [2.75, 3.05) is 13.8 Å². The summed E-state index contributed by atoms with van der Waals surface area (Å²) in [5.74, 6) is -5.01. The van der Waals surface area contributed by atoms with E-state index >= 15 is 0 Å². The second-order valence-electron chi connectivity index (χ2n) is 1.88. The first kappa shape index (κ1) is 14.1. The molecule has 0 aliphatic heterocycles. The van der Waals surface area contributed by atoms with Gasteiger partial charge in [0.15, 0.2) is 6.17 Å². The molecular formula is C5H9ClF3NO2. The van der Waals surface area contributed by atoms with Gasteiger partial charge < -0.3 is 4.74 Å². The van der Waals surface area contributed by atoms with Gasteiger partial charge in [-0.25, -0.2) is 18.0 Å². The summed E-state index contributed by atoms with van der Waals surface area (Å²) in [6.45, 7) is -1.66. The predicted octanol–water partition coefficient (Wildman–Crippen LogP) is 0.513. The highest BCUT2D eigenvalue weighted by Gasteiger charge is 2.44. The van der Waals surface area contributed by atoms with Crippen molar-refractivity contribution in [2.45, 2.75) is 12.0 Å². The SMILES string of the molecule is COC(=O)C(N)(F)C(F)CF.Cl. The van der Waals surface area contributed by atoms with E-state index in [0.717, 1.165) is 7.11 Å². The van der Waals surface area contributed by atoms with Crippen LogP contribution in [0, 0.1) is 0 Å². The average molecular weight is 208 g/mol. The first-order valence-corrected chi connectivity index (χ1v) is 2.73. The number of carbonyl (C=O) groups excluding carboxylic acids is 1. The van der Waals surface area contributed by atoms with Gasteiger partial charge in [0.05, 0.1) is 7.11 Å². The Morgan fingerprint density at radius 3 is 2.42 bits per heavy atom. The van der Waals surface area contributed by atoms with Crippen LogP contribution in [0.1, 0.15) is 0 Å². The molecule has 0 radical (unpaired) electrons. The molecule has 0 heterocycles. The third-order valence-corrected chi connectivity index (χ3v) is 1.09. The smallest absolute Gasteiger partial charge is 0.362 e. The summed E-state index contributed by atoms with van der Waals surface area (Å²) in [6.07, 6.45) is -2.69. The summed E-state index contributed by atoms with van der Waals surface area (Å²) in [6, 6.07) is 0. The normalized spacial score (nSPS) is 17.1. The van der Waals surface area contributed by atoms with Crippen molar-refractivity contribution in [2.24, 2.45) is 5.73 Å². The van der Waals surface area contributed by atoms with Gasteiger partial charge in [-0.15, -0.1) is 12.4 Å². The van der Waals surface area contributed by atoms with E-state index in [1.807, 2.05) is 0 Å². The Morgan fingerprint density at radius 2 is 2.17 bits per heavy atom. The summed E-state index contributed by atoms with van der Waals surface area (Å²) in [5, 5.41) is 0. The molecule has 0 saturated carbocycles. The highest BCUT2D eigenvalue weighted by atomic mass is 35.5. The van der Waals surface area contributed by atoms with Crippen molar-refractivity contribution in [1.82, 2.24) is 0 Å². The van der Waals surface area contributed by atoms with Crippen molar-refractivity contribution in [1.29, 1.82) is 0 Å². The van der Waals surface area contributed by atoms with Crippen LogP contribution in [0.5, 0.6) is 0 Å². The highest BCUT2D eigenvalue weighted by Crippen LogP contribution is 2.15. The summed E-state index contributed by atoms with van der Waals surface area (Å²) in [4.78, 5) is 10.3. The van der Waals surface area contributed by atoms with Crippen LogP contribution < -0.4 is 5.73 Å². The van der Waals surface area contributed by atoms with Crippen LogP contribution in [0.3, 0.4) is 0 Å². The van der Waals surface area contributed by atoms with Gasteiger partial charge in [-0.2, -0.15) is 0 Å². The minimum Gasteiger partial charge on any atom is -0.466 e. The number of halogens is 4. The first-order valence-electron chi connectivity index (χ1n) is 2.73. The molecule has 3 nitrogen and oxygen atoms in total. The lowest BCUT2D eigenvalue weighted by molar-refractivity contribution is -0.159. The fourth-order valence-electron chi connectivity index (χ4n) is 0.397. The lowest BCUT2D eigenvalue weighted by atomic mass is 10.2. The Hall–Kier alpha value is -0.490. The number of hydrogen-bond donors (Lipinski definition) is 1. The van der Waals surface area contributed by atoms with Crippen molar-refractivity contribution < 1.29 is 22.7 Å². The highest BCUT2D eigenvalue weighted by molar-refractivity contribution is 5.85.